The van der Waals surface area contributed by atoms with Crippen LogP contribution in [0, 0.1) is 0 Å². The van der Waals surface area contributed by atoms with Gasteiger partial charge in [-0.2, -0.15) is 0 Å². The number of fused-ring (bicyclic) bond motifs is 1. The molecule has 1 atom stereocenters. The van der Waals surface area contributed by atoms with Crippen LogP contribution >= 0.6 is 11.3 Å². The number of hydrogen-bond acceptors (Lipinski definition) is 4. The SMILES string of the molecule is CCOC(=O)C1CCc2sc(C3CC3)nc21. The van der Waals surface area contributed by atoms with Gasteiger partial charge in [-0.15, -0.1) is 11.3 Å². The average molecular weight is 237 g/mol. The van der Waals surface area contributed by atoms with E-state index >= 15 is 0 Å². The molecular weight excluding hydrogens is 222 g/mol. The molecule has 3 nitrogen and oxygen atoms in total. The van der Waals surface area contributed by atoms with Gasteiger partial charge >= 0.3 is 5.97 Å². The van der Waals surface area contributed by atoms with E-state index in [0.29, 0.717) is 12.5 Å². The molecular formula is C12H15NO2S. The van der Waals surface area contributed by atoms with Crippen molar-refractivity contribution < 1.29 is 9.53 Å². The molecule has 1 heterocycles. The third-order valence-electron chi connectivity index (χ3n) is 3.23. The van der Waals surface area contributed by atoms with Gasteiger partial charge in [-0.1, -0.05) is 0 Å². The highest BCUT2D eigenvalue weighted by Crippen LogP contribution is 2.46. The van der Waals surface area contributed by atoms with E-state index in [4.69, 9.17) is 4.74 Å². The molecule has 1 aromatic heterocycles. The summed E-state index contributed by atoms with van der Waals surface area (Å²) in [5.41, 5.74) is 1.02. The zero-order chi connectivity index (χ0) is 11.1. The van der Waals surface area contributed by atoms with Gasteiger partial charge in [-0.3, -0.25) is 4.79 Å². The highest BCUT2D eigenvalue weighted by molar-refractivity contribution is 7.12. The van der Waals surface area contributed by atoms with Crippen LogP contribution in [0.5, 0.6) is 0 Å². The van der Waals surface area contributed by atoms with Gasteiger partial charge in [0.15, 0.2) is 0 Å². The normalized spacial score (nSPS) is 23.2. The summed E-state index contributed by atoms with van der Waals surface area (Å²) in [6.07, 6.45) is 4.44. The molecule has 0 saturated heterocycles. The number of aryl methyl sites for hydroxylation is 1. The zero-order valence-electron chi connectivity index (χ0n) is 9.36. The fourth-order valence-corrected chi connectivity index (χ4v) is 3.53. The van der Waals surface area contributed by atoms with Gasteiger partial charge in [-0.25, -0.2) is 4.98 Å². The van der Waals surface area contributed by atoms with Gasteiger partial charge < -0.3 is 4.74 Å². The summed E-state index contributed by atoms with van der Waals surface area (Å²) < 4.78 is 5.09. The maximum absolute atomic E-state index is 11.7. The molecule has 0 aromatic carbocycles. The number of nitrogens with zero attached hydrogens (tertiary/aromatic N) is 1. The zero-order valence-corrected chi connectivity index (χ0v) is 10.2. The van der Waals surface area contributed by atoms with Crippen molar-refractivity contribution in [2.24, 2.45) is 0 Å². The number of rotatable bonds is 3. The number of ether oxygens (including phenoxy) is 1. The lowest BCUT2D eigenvalue weighted by Gasteiger charge is -2.07. The van der Waals surface area contributed by atoms with E-state index in [0.717, 1.165) is 18.5 Å². The highest BCUT2D eigenvalue weighted by Gasteiger charge is 2.36. The summed E-state index contributed by atoms with van der Waals surface area (Å²) in [5, 5.41) is 1.25. The molecule has 0 radical (unpaired) electrons. The first-order chi connectivity index (χ1) is 7.79. The minimum absolute atomic E-state index is 0.0845. The number of esters is 1. The van der Waals surface area contributed by atoms with E-state index < -0.39 is 0 Å². The van der Waals surface area contributed by atoms with Crippen LogP contribution in [0.2, 0.25) is 0 Å². The Morgan fingerprint density at radius 1 is 1.50 bits per heavy atom. The summed E-state index contributed by atoms with van der Waals surface area (Å²) in [5.74, 6) is 0.519. The van der Waals surface area contributed by atoms with Gasteiger partial charge in [0.25, 0.3) is 0 Å². The summed E-state index contributed by atoms with van der Waals surface area (Å²) in [6.45, 7) is 2.31. The molecule has 0 N–H and O–H groups in total. The second kappa shape index (κ2) is 3.84. The Morgan fingerprint density at radius 3 is 3.00 bits per heavy atom. The maximum atomic E-state index is 11.7. The molecule has 86 valence electrons. The molecule has 2 aliphatic rings. The van der Waals surface area contributed by atoms with Crippen molar-refractivity contribution in [3.8, 4) is 0 Å². The lowest BCUT2D eigenvalue weighted by atomic mass is 10.1. The third kappa shape index (κ3) is 1.65. The van der Waals surface area contributed by atoms with E-state index in [2.05, 4.69) is 4.98 Å². The Bertz CT molecular complexity index is 423. The van der Waals surface area contributed by atoms with Crippen molar-refractivity contribution in [2.45, 2.75) is 44.4 Å². The first-order valence-corrected chi connectivity index (χ1v) is 6.77. The minimum atomic E-state index is -0.0890. The predicted octanol–water partition coefficient (Wildman–Crippen LogP) is 2.61. The van der Waals surface area contributed by atoms with Crippen LogP contribution in [-0.4, -0.2) is 17.6 Å². The molecule has 4 heteroatoms. The summed E-state index contributed by atoms with van der Waals surface area (Å²) >= 11 is 1.81. The van der Waals surface area contributed by atoms with E-state index in [1.165, 1.54) is 22.7 Å². The highest BCUT2D eigenvalue weighted by atomic mass is 32.1. The number of aromatic nitrogens is 1. The van der Waals surface area contributed by atoms with E-state index in [1.54, 1.807) is 0 Å². The van der Waals surface area contributed by atoms with Crippen molar-refractivity contribution in [3.05, 3.63) is 15.6 Å². The van der Waals surface area contributed by atoms with Crippen molar-refractivity contribution in [2.75, 3.05) is 6.61 Å². The van der Waals surface area contributed by atoms with Crippen molar-refractivity contribution in [3.63, 3.8) is 0 Å². The summed E-state index contributed by atoms with van der Waals surface area (Å²) in [7, 11) is 0. The van der Waals surface area contributed by atoms with Crippen molar-refractivity contribution in [1.29, 1.82) is 0 Å². The Labute approximate surface area is 98.8 Å². The maximum Gasteiger partial charge on any atom is 0.315 e. The third-order valence-corrected chi connectivity index (χ3v) is 4.53. The Hall–Kier alpha value is -0.900. The lowest BCUT2D eigenvalue weighted by Crippen LogP contribution is -2.14. The van der Waals surface area contributed by atoms with Crippen molar-refractivity contribution in [1.82, 2.24) is 4.98 Å². The monoisotopic (exact) mass is 237 g/mol. The predicted molar refractivity (Wildman–Crippen MR) is 61.8 cm³/mol. The molecule has 0 amide bonds. The van der Waals surface area contributed by atoms with Crippen LogP contribution in [0.15, 0.2) is 0 Å². The number of carbonyl (C=O) groups excluding carboxylic acids is 1. The van der Waals surface area contributed by atoms with E-state index in [9.17, 15) is 4.79 Å². The largest absolute Gasteiger partial charge is 0.465 e. The van der Waals surface area contributed by atoms with E-state index in [-0.39, 0.29) is 11.9 Å². The minimum Gasteiger partial charge on any atom is -0.465 e. The number of carbonyl (C=O) groups is 1. The number of hydrogen-bond donors (Lipinski definition) is 0. The molecule has 3 rings (SSSR count). The fourth-order valence-electron chi connectivity index (χ4n) is 2.22. The van der Waals surface area contributed by atoms with Crippen LogP contribution in [0.3, 0.4) is 0 Å². The molecule has 1 fully saturated rings. The average Bonchev–Trinajstić information content (AvgIpc) is 2.89. The molecule has 2 aliphatic carbocycles. The smallest absolute Gasteiger partial charge is 0.315 e. The Balaban J connectivity index is 1.83. The van der Waals surface area contributed by atoms with Gasteiger partial charge in [0.05, 0.1) is 17.3 Å². The van der Waals surface area contributed by atoms with Crippen LogP contribution in [-0.2, 0) is 16.0 Å². The molecule has 1 aromatic rings. The Kier molecular flexibility index (Phi) is 2.46. The van der Waals surface area contributed by atoms with Gasteiger partial charge in [0.1, 0.15) is 5.92 Å². The lowest BCUT2D eigenvalue weighted by molar-refractivity contribution is -0.145. The summed E-state index contributed by atoms with van der Waals surface area (Å²) in [4.78, 5) is 17.7. The topological polar surface area (TPSA) is 39.2 Å². The first kappa shape index (κ1) is 10.3. The standard InChI is InChI=1S/C12H15NO2S/c1-2-15-12(14)8-5-6-9-10(8)13-11(16-9)7-3-4-7/h7-8H,2-6H2,1H3. The van der Waals surface area contributed by atoms with Crippen LogP contribution < -0.4 is 0 Å². The summed E-state index contributed by atoms with van der Waals surface area (Å²) in [6, 6.07) is 0. The molecule has 0 aliphatic heterocycles. The first-order valence-electron chi connectivity index (χ1n) is 5.95. The van der Waals surface area contributed by atoms with E-state index in [1.807, 2.05) is 18.3 Å². The number of thiazole rings is 1. The van der Waals surface area contributed by atoms with Crippen molar-refractivity contribution >= 4 is 17.3 Å². The molecule has 0 spiro atoms. The van der Waals surface area contributed by atoms with Gasteiger partial charge in [-0.05, 0) is 32.6 Å². The van der Waals surface area contributed by atoms with Crippen LogP contribution in [0.25, 0.3) is 0 Å². The molecule has 1 unspecified atom stereocenters. The second-order valence-electron chi connectivity index (χ2n) is 4.48. The van der Waals surface area contributed by atoms with Crippen LogP contribution in [0.1, 0.15) is 53.6 Å². The van der Waals surface area contributed by atoms with Gasteiger partial charge in [0, 0.05) is 10.8 Å². The second-order valence-corrected chi connectivity index (χ2v) is 5.59. The molecule has 0 bridgehead atoms. The Morgan fingerprint density at radius 2 is 2.31 bits per heavy atom. The molecule has 1 saturated carbocycles. The molecule has 16 heavy (non-hydrogen) atoms. The van der Waals surface area contributed by atoms with Gasteiger partial charge in [0.2, 0.25) is 0 Å². The van der Waals surface area contributed by atoms with Crippen LogP contribution in [0.4, 0.5) is 0 Å². The fraction of sp³-hybridized carbons (Fsp3) is 0.667. The quantitative estimate of drug-likeness (QED) is 0.759.